The number of aliphatic hydroxyl groups excluding tert-OH is 1. The molecule has 2 rings (SSSR count). The van der Waals surface area contributed by atoms with Crippen LogP contribution in [0.5, 0.6) is 0 Å². The van der Waals surface area contributed by atoms with E-state index in [-0.39, 0.29) is 12.5 Å². The summed E-state index contributed by atoms with van der Waals surface area (Å²) in [6.45, 7) is 0.266. The summed E-state index contributed by atoms with van der Waals surface area (Å²) in [7, 11) is 0. The molecule has 2 atom stereocenters. The summed E-state index contributed by atoms with van der Waals surface area (Å²) in [5.41, 5.74) is 9.78. The predicted molar refractivity (Wildman–Crippen MR) is 69.1 cm³/mol. The molecular weight excluding hydrogens is 264 g/mol. The monoisotopic (exact) mass is 284 g/mol. The Kier molecular flexibility index (Phi) is 3.96. The van der Waals surface area contributed by atoms with Crippen LogP contribution in [-0.4, -0.2) is 70.4 Å². The zero-order valence-corrected chi connectivity index (χ0v) is 11.2. The molecule has 0 bridgehead atoms. The normalized spacial score (nSPS) is 27.4. The molecule has 3 amide bonds. The molecule has 112 valence electrons. The van der Waals surface area contributed by atoms with Crippen molar-refractivity contribution in [2.24, 2.45) is 11.5 Å². The van der Waals surface area contributed by atoms with Crippen molar-refractivity contribution in [3.05, 3.63) is 0 Å². The molecule has 2 fully saturated rings. The summed E-state index contributed by atoms with van der Waals surface area (Å²) in [6.07, 6.45) is 1.74. The van der Waals surface area contributed by atoms with Gasteiger partial charge in [0.15, 0.2) is 0 Å². The number of nitrogens with zero attached hydrogens (tertiary/aromatic N) is 2. The fourth-order valence-electron chi connectivity index (χ4n) is 3.12. The SMILES string of the molecule is NC(=O)CN1CCC2(CCCN2C(=O)[C@@H](N)CO)C1=O. The molecule has 0 aromatic rings. The molecule has 8 heteroatoms. The van der Waals surface area contributed by atoms with E-state index in [2.05, 4.69) is 0 Å². The zero-order valence-electron chi connectivity index (χ0n) is 11.2. The predicted octanol–water partition coefficient (Wildman–Crippen LogP) is -2.62. The minimum atomic E-state index is -1.01. The number of rotatable bonds is 4. The van der Waals surface area contributed by atoms with Crippen LogP contribution in [0.4, 0.5) is 0 Å². The molecule has 20 heavy (non-hydrogen) atoms. The quantitative estimate of drug-likeness (QED) is 0.520. The van der Waals surface area contributed by atoms with Crippen molar-refractivity contribution in [1.29, 1.82) is 0 Å². The fourth-order valence-corrected chi connectivity index (χ4v) is 3.12. The highest BCUT2D eigenvalue weighted by atomic mass is 16.3. The van der Waals surface area contributed by atoms with Gasteiger partial charge in [0.1, 0.15) is 11.6 Å². The van der Waals surface area contributed by atoms with E-state index in [1.54, 1.807) is 0 Å². The molecule has 0 aliphatic carbocycles. The van der Waals surface area contributed by atoms with E-state index in [9.17, 15) is 14.4 Å². The van der Waals surface area contributed by atoms with Crippen molar-refractivity contribution in [3.8, 4) is 0 Å². The summed E-state index contributed by atoms with van der Waals surface area (Å²) < 4.78 is 0. The van der Waals surface area contributed by atoms with Crippen molar-refractivity contribution >= 4 is 17.7 Å². The molecule has 2 saturated heterocycles. The second-order valence-electron chi connectivity index (χ2n) is 5.36. The lowest BCUT2D eigenvalue weighted by Gasteiger charge is -2.34. The lowest BCUT2D eigenvalue weighted by molar-refractivity contribution is -0.148. The minimum absolute atomic E-state index is 0.130. The Morgan fingerprint density at radius 3 is 2.65 bits per heavy atom. The van der Waals surface area contributed by atoms with Crippen LogP contribution in [0.2, 0.25) is 0 Å². The van der Waals surface area contributed by atoms with E-state index in [1.165, 1.54) is 9.80 Å². The van der Waals surface area contributed by atoms with Crippen LogP contribution in [0.1, 0.15) is 19.3 Å². The standard InChI is InChI=1S/C12H20N4O4/c13-8(7-17)10(19)16-4-1-2-12(16)3-5-15(11(12)20)6-9(14)18/h8,17H,1-7,13H2,(H2,14,18)/t8-,12?/m0/s1. The Hall–Kier alpha value is -1.67. The van der Waals surface area contributed by atoms with Crippen molar-refractivity contribution in [1.82, 2.24) is 9.80 Å². The molecule has 0 radical (unpaired) electrons. The van der Waals surface area contributed by atoms with Crippen molar-refractivity contribution in [2.45, 2.75) is 30.8 Å². The molecular formula is C12H20N4O4. The molecule has 0 aromatic carbocycles. The van der Waals surface area contributed by atoms with Gasteiger partial charge in [-0.2, -0.15) is 0 Å². The van der Waals surface area contributed by atoms with E-state index in [0.717, 1.165) is 0 Å². The van der Waals surface area contributed by atoms with E-state index in [0.29, 0.717) is 32.4 Å². The number of hydrogen-bond donors (Lipinski definition) is 3. The maximum atomic E-state index is 12.5. The van der Waals surface area contributed by atoms with Crippen molar-refractivity contribution in [2.75, 3.05) is 26.2 Å². The topological polar surface area (TPSA) is 130 Å². The highest BCUT2D eigenvalue weighted by molar-refractivity contribution is 5.96. The van der Waals surface area contributed by atoms with Crippen molar-refractivity contribution < 1.29 is 19.5 Å². The smallest absolute Gasteiger partial charge is 0.249 e. The van der Waals surface area contributed by atoms with Crippen LogP contribution in [0, 0.1) is 0 Å². The summed E-state index contributed by atoms with van der Waals surface area (Å²) in [4.78, 5) is 38.5. The molecule has 2 aliphatic rings. The minimum Gasteiger partial charge on any atom is -0.394 e. The summed E-state index contributed by atoms with van der Waals surface area (Å²) >= 11 is 0. The third kappa shape index (κ3) is 2.25. The highest BCUT2D eigenvalue weighted by Gasteiger charge is 2.55. The van der Waals surface area contributed by atoms with Gasteiger partial charge in [0.25, 0.3) is 0 Å². The van der Waals surface area contributed by atoms with Gasteiger partial charge in [0.05, 0.1) is 13.2 Å². The van der Waals surface area contributed by atoms with Crippen LogP contribution in [-0.2, 0) is 14.4 Å². The molecule has 5 N–H and O–H groups in total. The van der Waals surface area contributed by atoms with Gasteiger partial charge in [-0.05, 0) is 19.3 Å². The van der Waals surface area contributed by atoms with E-state index in [4.69, 9.17) is 16.6 Å². The number of primary amides is 1. The van der Waals surface area contributed by atoms with Crippen LogP contribution in [0.25, 0.3) is 0 Å². The summed E-state index contributed by atoms with van der Waals surface area (Å²) in [5.74, 6) is -1.23. The van der Waals surface area contributed by atoms with Crippen LogP contribution >= 0.6 is 0 Å². The average molecular weight is 284 g/mol. The Labute approximate surface area is 116 Å². The molecule has 2 heterocycles. The van der Waals surface area contributed by atoms with Gasteiger partial charge in [-0.25, -0.2) is 0 Å². The first kappa shape index (κ1) is 14.7. The molecule has 2 aliphatic heterocycles. The maximum absolute atomic E-state index is 12.5. The number of amides is 3. The van der Waals surface area contributed by atoms with Gasteiger partial charge in [-0.1, -0.05) is 0 Å². The number of hydrogen-bond acceptors (Lipinski definition) is 5. The van der Waals surface area contributed by atoms with E-state index < -0.39 is 30.0 Å². The first-order valence-electron chi connectivity index (χ1n) is 6.68. The Morgan fingerprint density at radius 1 is 1.35 bits per heavy atom. The van der Waals surface area contributed by atoms with E-state index in [1.807, 2.05) is 0 Å². The molecule has 1 spiro atoms. The molecule has 0 saturated carbocycles. The van der Waals surface area contributed by atoms with Gasteiger partial charge in [-0.15, -0.1) is 0 Å². The fraction of sp³-hybridized carbons (Fsp3) is 0.750. The summed E-state index contributed by atoms with van der Waals surface area (Å²) in [6, 6.07) is -1.01. The highest BCUT2D eigenvalue weighted by Crippen LogP contribution is 2.38. The number of carbonyl (C=O) groups is 3. The van der Waals surface area contributed by atoms with Gasteiger partial charge in [-0.3, -0.25) is 14.4 Å². The van der Waals surface area contributed by atoms with Gasteiger partial charge >= 0.3 is 0 Å². The average Bonchev–Trinajstić information content (AvgIpc) is 2.97. The number of nitrogens with two attached hydrogens (primary N) is 2. The molecule has 1 unspecified atom stereocenters. The lowest BCUT2D eigenvalue weighted by atomic mass is 9.93. The second kappa shape index (κ2) is 5.37. The Morgan fingerprint density at radius 2 is 2.05 bits per heavy atom. The van der Waals surface area contributed by atoms with Gasteiger partial charge in [0, 0.05) is 13.1 Å². The number of carbonyl (C=O) groups excluding carboxylic acids is 3. The van der Waals surface area contributed by atoms with Gasteiger partial charge < -0.3 is 26.4 Å². The maximum Gasteiger partial charge on any atom is 0.249 e. The third-order valence-electron chi connectivity index (χ3n) is 4.10. The Balaban J connectivity index is 2.19. The molecule has 8 nitrogen and oxygen atoms in total. The van der Waals surface area contributed by atoms with Gasteiger partial charge in [0.2, 0.25) is 17.7 Å². The van der Waals surface area contributed by atoms with Crippen LogP contribution in [0.3, 0.4) is 0 Å². The van der Waals surface area contributed by atoms with Crippen LogP contribution < -0.4 is 11.5 Å². The van der Waals surface area contributed by atoms with Crippen molar-refractivity contribution in [3.63, 3.8) is 0 Å². The third-order valence-corrected chi connectivity index (χ3v) is 4.10. The Bertz CT molecular complexity index is 441. The first-order chi connectivity index (χ1) is 9.42. The second-order valence-corrected chi connectivity index (χ2v) is 5.36. The number of likely N-dealkylation sites (tertiary alicyclic amines) is 2. The summed E-state index contributed by atoms with van der Waals surface area (Å²) in [5, 5.41) is 9.00. The lowest BCUT2D eigenvalue weighted by Crippen LogP contribution is -2.57. The van der Waals surface area contributed by atoms with E-state index >= 15 is 0 Å². The zero-order chi connectivity index (χ0) is 14.9. The first-order valence-corrected chi connectivity index (χ1v) is 6.68. The van der Waals surface area contributed by atoms with Crippen LogP contribution in [0.15, 0.2) is 0 Å². The molecule has 0 aromatic heterocycles. The number of aliphatic hydroxyl groups is 1. The largest absolute Gasteiger partial charge is 0.394 e.